The second-order valence-corrected chi connectivity index (χ2v) is 6.59. The third kappa shape index (κ3) is 3.00. The van der Waals surface area contributed by atoms with E-state index in [4.69, 9.17) is 0 Å². The van der Waals surface area contributed by atoms with Crippen molar-refractivity contribution >= 4 is 38.7 Å². The van der Waals surface area contributed by atoms with Gasteiger partial charge in [0, 0.05) is 27.9 Å². The average molecular weight is 340 g/mol. The van der Waals surface area contributed by atoms with Crippen LogP contribution >= 0.6 is 11.3 Å². The van der Waals surface area contributed by atoms with E-state index in [-0.39, 0.29) is 11.6 Å². The van der Waals surface area contributed by atoms with Crippen molar-refractivity contribution in [1.29, 1.82) is 0 Å². The fourth-order valence-electron chi connectivity index (χ4n) is 2.63. The van der Waals surface area contributed by atoms with Crippen LogP contribution in [0.25, 0.3) is 10.1 Å². The van der Waals surface area contributed by atoms with E-state index < -0.39 is 4.92 Å². The number of para-hydroxylation sites is 1. The zero-order valence-electron chi connectivity index (χ0n) is 13.3. The maximum atomic E-state index is 12.6. The standard InChI is InChI=1S/C18H16N2O3S/c1-3-12-6-4-5-11(2)17(12)19-18(21)16-10-13-9-14(20(22)23)7-8-15(13)24-16/h4-10H,3H2,1-2H3,(H,19,21). The molecule has 0 atom stereocenters. The Bertz CT molecular complexity index is 947. The molecule has 0 bridgehead atoms. The number of hydrogen-bond acceptors (Lipinski definition) is 4. The van der Waals surface area contributed by atoms with Gasteiger partial charge in [0.1, 0.15) is 0 Å². The van der Waals surface area contributed by atoms with Crippen molar-refractivity contribution in [2.45, 2.75) is 20.3 Å². The van der Waals surface area contributed by atoms with E-state index in [0.717, 1.165) is 27.9 Å². The summed E-state index contributed by atoms with van der Waals surface area (Å²) in [5.41, 5.74) is 2.97. The number of hydrogen-bond donors (Lipinski definition) is 1. The molecule has 1 heterocycles. The minimum atomic E-state index is -0.433. The van der Waals surface area contributed by atoms with Gasteiger partial charge in [-0.25, -0.2) is 0 Å². The van der Waals surface area contributed by atoms with Crippen LogP contribution in [0.4, 0.5) is 11.4 Å². The summed E-state index contributed by atoms with van der Waals surface area (Å²) in [6, 6.07) is 12.3. The van der Waals surface area contributed by atoms with Crippen LogP contribution in [0.2, 0.25) is 0 Å². The molecule has 5 nitrogen and oxygen atoms in total. The molecule has 0 aliphatic carbocycles. The molecule has 3 aromatic rings. The van der Waals surface area contributed by atoms with Crippen molar-refractivity contribution in [3.05, 3.63) is 68.6 Å². The maximum Gasteiger partial charge on any atom is 0.270 e. The molecule has 1 N–H and O–H groups in total. The van der Waals surface area contributed by atoms with Crippen LogP contribution in [0.1, 0.15) is 27.7 Å². The van der Waals surface area contributed by atoms with Crippen LogP contribution in [0.15, 0.2) is 42.5 Å². The quantitative estimate of drug-likeness (QED) is 0.540. The number of benzene rings is 2. The van der Waals surface area contributed by atoms with Crippen molar-refractivity contribution in [3.8, 4) is 0 Å². The summed E-state index contributed by atoms with van der Waals surface area (Å²) in [5, 5.41) is 14.6. The molecule has 0 radical (unpaired) electrons. The van der Waals surface area contributed by atoms with Crippen molar-refractivity contribution in [2.24, 2.45) is 0 Å². The molecule has 1 aromatic heterocycles. The Morgan fingerprint density at radius 2 is 2.04 bits per heavy atom. The second-order valence-electron chi connectivity index (χ2n) is 5.51. The molecule has 0 spiro atoms. The summed E-state index contributed by atoms with van der Waals surface area (Å²) in [6.07, 6.45) is 0.829. The molecular weight excluding hydrogens is 324 g/mol. The number of amides is 1. The SMILES string of the molecule is CCc1cccc(C)c1NC(=O)c1cc2cc([N+](=O)[O-])ccc2s1. The third-order valence-corrected chi connectivity index (χ3v) is 5.03. The van der Waals surface area contributed by atoms with E-state index in [1.54, 1.807) is 12.1 Å². The summed E-state index contributed by atoms with van der Waals surface area (Å²) in [5.74, 6) is -0.192. The summed E-state index contributed by atoms with van der Waals surface area (Å²) in [7, 11) is 0. The fraction of sp³-hybridized carbons (Fsp3) is 0.167. The molecule has 122 valence electrons. The smallest absolute Gasteiger partial charge is 0.270 e. The van der Waals surface area contributed by atoms with E-state index in [2.05, 4.69) is 5.32 Å². The Labute approximate surface area is 143 Å². The Morgan fingerprint density at radius 3 is 2.75 bits per heavy atom. The molecule has 3 rings (SSSR count). The predicted molar refractivity (Wildman–Crippen MR) is 97.0 cm³/mol. The summed E-state index contributed by atoms with van der Waals surface area (Å²) in [4.78, 5) is 23.6. The molecule has 0 saturated heterocycles. The van der Waals surface area contributed by atoms with Crippen LogP contribution in [0, 0.1) is 17.0 Å². The normalized spacial score (nSPS) is 10.8. The largest absolute Gasteiger partial charge is 0.321 e. The van der Waals surface area contributed by atoms with Crippen LogP contribution in [-0.2, 0) is 6.42 Å². The molecule has 2 aromatic carbocycles. The van der Waals surface area contributed by atoms with Gasteiger partial charge in [0.05, 0.1) is 9.80 Å². The van der Waals surface area contributed by atoms with Crippen molar-refractivity contribution in [2.75, 3.05) is 5.32 Å². The average Bonchev–Trinajstić information content (AvgIpc) is 2.99. The van der Waals surface area contributed by atoms with Gasteiger partial charge in [-0.15, -0.1) is 11.3 Å². The lowest BCUT2D eigenvalue weighted by atomic mass is 10.1. The number of nitro groups is 1. The van der Waals surface area contributed by atoms with Gasteiger partial charge in [0.2, 0.25) is 0 Å². The lowest BCUT2D eigenvalue weighted by molar-refractivity contribution is -0.384. The number of fused-ring (bicyclic) bond motifs is 1. The molecule has 6 heteroatoms. The first-order valence-electron chi connectivity index (χ1n) is 7.57. The van der Waals surface area contributed by atoms with Crippen molar-refractivity contribution in [1.82, 2.24) is 0 Å². The van der Waals surface area contributed by atoms with Gasteiger partial charge >= 0.3 is 0 Å². The van der Waals surface area contributed by atoms with Gasteiger partial charge in [-0.3, -0.25) is 14.9 Å². The highest BCUT2D eigenvalue weighted by Crippen LogP contribution is 2.30. The third-order valence-electron chi connectivity index (χ3n) is 3.91. The van der Waals surface area contributed by atoms with E-state index in [9.17, 15) is 14.9 Å². The Kier molecular flexibility index (Phi) is 4.31. The topological polar surface area (TPSA) is 72.2 Å². The summed E-state index contributed by atoms with van der Waals surface area (Å²) in [6.45, 7) is 4.01. The highest BCUT2D eigenvalue weighted by atomic mass is 32.1. The Morgan fingerprint density at radius 1 is 1.25 bits per heavy atom. The van der Waals surface area contributed by atoms with Crippen LogP contribution in [-0.4, -0.2) is 10.8 Å². The lowest BCUT2D eigenvalue weighted by Crippen LogP contribution is -2.12. The predicted octanol–water partition coefficient (Wildman–Crippen LogP) is 4.93. The fourth-order valence-corrected chi connectivity index (χ4v) is 3.57. The first-order chi connectivity index (χ1) is 11.5. The number of non-ortho nitro benzene ring substituents is 1. The number of thiophene rings is 1. The molecule has 0 saturated carbocycles. The minimum Gasteiger partial charge on any atom is -0.321 e. The van der Waals surface area contributed by atoms with Gasteiger partial charge in [0.25, 0.3) is 11.6 Å². The molecule has 0 aliphatic heterocycles. The van der Waals surface area contributed by atoms with Crippen molar-refractivity contribution in [3.63, 3.8) is 0 Å². The Balaban J connectivity index is 1.93. The first-order valence-corrected chi connectivity index (χ1v) is 8.39. The van der Waals surface area contributed by atoms with Crippen LogP contribution in [0.5, 0.6) is 0 Å². The number of nitrogens with one attached hydrogen (secondary N) is 1. The lowest BCUT2D eigenvalue weighted by Gasteiger charge is -2.12. The monoisotopic (exact) mass is 340 g/mol. The number of anilines is 1. The number of aryl methyl sites for hydroxylation is 2. The van der Waals surface area contributed by atoms with Gasteiger partial charge in [-0.1, -0.05) is 25.1 Å². The zero-order valence-corrected chi connectivity index (χ0v) is 14.1. The second kappa shape index (κ2) is 6.41. The maximum absolute atomic E-state index is 12.6. The molecule has 0 aliphatic rings. The van der Waals surface area contributed by atoms with Gasteiger partial charge in [-0.2, -0.15) is 0 Å². The number of carbonyl (C=O) groups is 1. The number of nitrogens with zero attached hydrogens (tertiary/aromatic N) is 1. The van der Waals surface area contributed by atoms with Crippen molar-refractivity contribution < 1.29 is 9.72 Å². The van der Waals surface area contributed by atoms with Crippen LogP contribution in [0.3, 0.4) is 0 Å². The minimum absolute atomic E-state index is 0.0273. The summed E-state index contributed by atoms with van der Waals surface area (Å²) >= 11 is 1.33. The van der Waals surface area contributed by atoms with E-state index in [1.165, 1.54) is 23.5 Å². The summed E-state index contributed by atoms with van der Waals surface area (Å²) < 4.78 is 0.853. The number of rotatable bonds is 4. The van der Waals surface area contributed by atoms with Gasteiger partial charge < -0.3 is 5.32 Å². The van der Waals surface area contributed by atoms with Gasteiger partial charge in [-0.05, 0) is 36.6 Å². The molecule has 24 heavy (non-hydrogen) atoms. The Hall–Kier alpha value is -2.73. The highest BCUT2D eigenvalue weighted by Gasteiger charge is 2.15. The number of carbonyl (C=O) groups excluding carboxylic acids is 1. The molecule has 1 amide bonds. The van der Waals surface area contributed by atoms with E-state index in [1.807, 2.05) is 32.0 Å². The van der Waals surface area contributed by atoms with Crippen LogP contribution < -0.4 is 5.32 Å². The van der Waals surface area contributed by atoms with Gasteiger partial charge in [0.15, 0.2) is 0 Å². The first kappa shape index (κ1) is 16.1. The molecule has 0 unspecified atom stereocenters. The highest BCUT2D eigenvalue weighted by molar-refractivity contribution is 7.20. The number of nitro benzene ring substituents is 1. The molecular formula is C18H16N2O3S. The molecule has 0 fully saturated rings. The zero-order chi connectivity index (χ0) is 17.3. The van der Waals surface area contributed by atoms with E-state index in [0.29, 0.717) is 10.3 Å². The van der Waals surface area contributed by atoms with E-state index >= 15 is 0 Å².